The highest BCUT2D eigenvalue weighted by Gasteiger charge is 2.27. The molecule has 1 N–H and O–H groups in total. The Kier molecular flexibility index (Phi) is 6.72. The van der Waals surface area contributed by atoms with Gasteiger partial charge in [0.25, 0.3) is 5.91 Å². The number of rotatable bonds is 7. The molecule has 0 unspecified atom stereocenters. The van der Waals surface area contributed by atoms with Gasteiger partial charge in [0.15, 0.2) is 11.5 Å². The van der Waals surface area contributed by atoms with E-state index in [0.717, 1.165) is 48.9 Å². The molecule has 1 saturated heterocycles. The largest absolute Gasteiger partial charge is 0.497 e. The number of piperazine rings is 1. The van der Waals surface area contributed by atoms with Crippen molar-refractivity contribution >= 4 is 11.6 Å². The van der Waals surface area contributed by atoms with Gasteiger partial charge in [-0.15, -0.1) is 0 Å². The second-order valence-corrected chi connectivity index (χ2v) is 8.57. The van der Waals surface area contributed by atoms with Crippen LogP contribution < -0.4 is 24.4 Å². The van der Waals surface area contributed by atoms with Crippen molar-refractivity contribution in [2.45, 2.75) is 6.04 Å². The smallest absolute Gasteiger partial charge is 0.251 e. The summed E-state index contributed by atoms with van der Waals surface area (Å²) in [5.74, 6) is 1.54. The Labute approximate surface area is 204 Å². The first-order chi connectivity index (χ1) is 17.1. The number of halogens is 1. The lowest BCUT2D eigenvalue weighted by atomic mass is 10.0. The number of methoxy groups -OCH3 is 1. The Balaban J connectivity index is 1.31. The number of hydrogen-bond acceptors (Lipinski definition) is 6. The van der Waals surface area contributed by atoms with Crippen molar-refractivity contribution < 1.29 is 23.4 Å². The topological polar surface area (TPSA) is 63.3 Å². The molecule has 0 bridgehead atoms. The number of nitrogens with one attached hydrogen (secondary N) is 1. The van der Waals surface area contributed by atoms with E-state index in [0.29, 0.717) is 17.9 Å². The van der Waals surface area contributed by atoms with E-state index in [1.807, 2.05) is 30.3 Å². The Morgan fingerprint density at radius 1 is 1.00 bits per heavy atom. The number of benzene rings is 3. The maximum Gasteiger partial charge on any atom is 0.251 e. The molecule has 3 aromatic carbocycles. The lowest BCUT2D eigenvalue weighted by Gasteiger charge is -2.40. The third-order valence-electron chi connectivity index (χ3n) is 6.52. The molecule has 0 spiro atoms. The molecule has 2 aliphatic heterocycles. The minimum Gasteiger partial charge on any atom is -0.497 e. The molecule has 0 aromatic heterocycles. The average molecular weight is 478 g/mol. The average Bonchev–Trinajstić information content (AvgIpc) is 3.37. The van der Waals surface area contributed by atoms with E-state index in [2.05, 4.69) is 27.2 Å². The Hall–Kier alpha value is -3.78. The highest BCUT2D eigenvalue weighted by atomic mass is 19.1. The van der Waals surface area contributed by atoms with E-state index in [9.17, 15) is 9.18 Å². The van der Waals surface area contributed by atoms with E-state index >= 15 is 0 Å². The van der Waals surface area contributed by atoms with Crippen LogP contribution >= 0.6 is 0 Å². The van der Waals surface area contributed by atoms with Crippen LogP contribution in [-0.2, 0) is 0 Å². The fraction of sp³-hybridized carbons (Fsp3) is 0.296. The predicted octanol–water partition coefficient (Wildman–Crippen LogP) is 3.86. The second-order valence-electron chi connectivity index (χ2n) is 8.57. The minimum absolute atomic E-state index is 0.0694. The van der Waals surface area contributed by atoms with E-state index in [1.165, 1.54) is 18.2 Å². The van der Waals surface area contributed by atoms with Gasteiger partial charge < -0.3 is 24.4 Å². The monoisotopic (exact) mass is 477 g/mol. The van der Waals surface area contributed by atoms with Gasteiger partial charge in [0.1, 0.15) is 11.6 Å². The SMILES string of the molecule is COc1ccc(N2CCN([C@@H](CNC(=O)c3cccc(F)c3)c3ccc4c(c3)OCO4)CC2)cc1. The van der Waals surface area contributed by atoms with Crippen molar-refractivity contribution in [2.24, 2.45) is 0 Å². The number of ether oxygens (including phenoxy) is 3. The molecule has 7 nitrogen and oxygen atoms in total. The van der Waals surface area contributed by atoms with Crippen LogP contribution in [0.1, 0.15) is 22.0 Å². The van der Waals surface area contributed by atoms with Gasteiger partial charge in [0, 0.05) is 44.0 Å². The van der Waals surface area contributed by atoms with Crippen LogP contribution in [0, 0.1) is 5.82 Å². The molecule has 0 radical (unpaired) electrons. The van der Waals surface area contributed by atoms with Gasteiger partial charge in [-0.25, -0.2) is 4.39 Å². The molecule has 0 saturated carbocycles. The van der Waals surface area contributed by atoms with Crippen LogP contribution in [-0.4, -0.2) is 57.4 Å². The van der Waals surface area contributed by atoms with Gasteiger partial charge in [-0.05, 0) is 60.2 Å². The third kappa shape index (κ3) is 5.17. The zero-order chi connectivity index (χ0) is 24.2. The standard InChI is InChI=1S/C27H28FN3O4/c1-33-23-8-6-22(7-9-23)30-11-13-31(14-12-30)24(19-5-10-25-26(16-19)35-18-34-25)17-29-27(32)20-3-2-4-21(28)15-20/h2-10,15-16,24H,11-14,17-18H2,1H3,(H,29,32)/t24-/m0/s1. The van der Waals surface area contributed by atoms with Crippen molar-refractivity contribution in [3.8, 4) is 17.2 Å². The third-order valence-corrected chi connectivity index (χ3v) is 6.52. The maximum atomic E-state index is 13.6. The van der Waals surface area contributed by atoms with Gasteiger partial charge in [0.05, 0.1) is 13.2 Å². The first-order valence-corrected chi connectivity index (χ1v) is 11.7. The molecule has 1 fully saturated rings. The highest BCUT2D eigenvalue weighted by molar-refractivity contribution is 5.94. The fourth-order valence-electron chi connectivity index (χ4n) is 4.58. The number of nitrogens with zero attached hydrogens (tertiary/aromatic N) is 2. The summed E-state index contributed by atoms with van der Waals surface area (Å²) in [5, 5.41) is 3.00. The summed E-state index contributed by atoms with van der Waals surface area (Å²) >= 11 is 0. The van der Waals surface area contributed by atoms with Gasteiger partial charge in [0.2, 0.25) is 6.79 Å². The molecular formula is C27H28FN3O4. The summed E-state index contributed by atoms with van der Waals surface area (Å²) < 4.78 is 29.9. The summed E-state index contributed by atoms with van der Waals surface area (Å²) in [4.78, 5) is 17.4. The van der Waals surface area contributed by atoms with Crippen molar-refractivity contribution in [1.82, 2.24) is 10.2 Å². The zero-order valence-corrected chi connectivity index (χ0v) is 19.6. The maximum absolute atomic E-state index is 13.6. The Morgan fingerprint density at radius 2 is 1.77 bits per heavy atom. The summed E-state index contributed by atoms with van der Waals surface area (Å²) in [5.41, 5.74) is 2.50. The zero-order valence-electron chi connectivity index (χ0n) is 19.6. The summed E-state index contributed by atoms with van der Waals surface area (Å²) in [7, 11) is 1.66. The Bertz CT molecular complexity index is 1180. The van der Waals surface area contributed by atoms with Crippen molar-refractivity contribution in [1.29, 1.82) is 0 Å². The van der Waals surface area contributed by atoms with Crippen LogP contribution in [0.4, 0.5) is 10.1 Å². The summed E-state index contributed by atoms with van der Waals surface area (Å²) in [6.45, 7) is 3.94. The molecule has 2 heterocycles. The van der Waals surface area contributed by atoms with Gasteiger partial charge >= 0.3 is 0 Å². The molecule has 3 aromatic rings. The molecule has 1 amide bonds. The first-order valence-electron chi connectivity index (χ1n) is 11.7. The lowest BCUT2D eigenvalue weighted by molar-refractivity contribution is 0.0929. The van der Waals surface area contributed by atoms with Crippen LogP contribution in [0.15, 0.2) is 66.7 Å². The summed E-state index contributed by atoms with van der Waals surface area (Å²) in [6, 6.07) is 19.7. The quantitative estimate of drug-likeness (QED) is 0.558. The molecule has 35 heavy (non-hydrogen) atoms. The Morgan fingerprint density at radius 3 is 2.51 bits per heavy atom. The number of carbonyl (C=O) groups excluding carboxylic acids is 1. The molecule has 2 aliphatic rings. The van der Waals surface area contributed by atoms with E-state index in [1.54, 1.807) is 13.2 Å². The molecule has 5 rings (SSSR count). The van der Waals surface area contributed by atoms with Gasteiger partial charge in [-0.1, -0.05) is 12.1 Å². The highest BCUT2D eigenvalue weighted by Crippen LogP contribution is 2.36. The first kappa shape index (κ1) is 23.0. The van der Waals surface area contributed by atoms with Crippen molar-refractivity contribution in [3.05, 3.63) is 83.7 Å². The summed E-state index contributed by atoms with van der Waals surface area (Å²) in [6.07, 6.45) is 0. The van der Waals surface area contributed by atoms with Crippen molar-refractivity contribution in [3.63, 3.8) is 0 Å². The molecular weight excluding hydrogens is 449 g/mol. The van der Waals surface area contributed by atoms with E-state index < -0.39 is 5.82 Å². The predicted molar refractivity (Wildman–Crippen MR) is 131 cm³/mol. The second kappa shape index (κ2) is 10.2. The van der Waals surface area contributed by atoms with Gasteiger partial charge in [-0.3, -0.25) is 9.69 Å². The number of carbonyl (C=O) groups is 1. The van der Waals surface area contributed by atoms with E-state index in [4.69, 9.17) is 14.2 Å². The molecule has 0 aliphatic carbocycles. The number of anilines is 1. The molecule has 182 valence electrons. The number of fused-ring (bicyclic) bond motifs is 1. The van der Waals surface area contributed by atoms with Crippen LogP contribution in [0.2, 0.25) is 0 Å². The molecule has 1 atom stereocenters. The van der Waals surface area contributed by atoms with Crippen LogP contribution in [0.25, 0.3) is 0 Å². The fourth-order valence-corrected chi connectivity index (χ4v) is 4.58. The normalized spacial score (nSPS) is 16.1. The van der Waals surface area contributed by atoms with Crippen LogP contribution in [0.5, 0.6) is 17.2 Å². The number of amides is 1. The van der Waals surface area contributed by atoms with Crippen molar-refractivity contribution in [2.75, 3.05) is 51.5 Å². The van der Waals surface area contributed by atoms with Gasteiger partial charge in [-0.2, -0.15) is 0 Å². The number of hydrogen-bond donors (Lipinski definition) is 1. The minimum atomic E-state index is -0.431. The lowest BCUT2D eigenvalue weighted by Crippen LogP contribution is -2.50. The molecule has 8 heteroatoms. The van der Waals surface area contributed by atoms with Crippen LogP contribution in [0.3, 0.4) is 0 Å². The van der Waals surface area contributed by atoms with E-state index in [-0.39, 0.29) is 18.7 Å².